The minimum atomic E-state index is -0.510. The minimum absolute atomic E-state index is 0.0525. The quantitative estimate of drug-likeness (QED) is 0.672. The summed E-state index contributed by atoms with van der Waals surface area (Å²) in [4.78, 5) is 0. The van der Waals surface area contributed by atoms with Crippen LogP contribution in [0.25, 0.3) is 21.9 Å². The molecule has 0 spiro atoms. The van der Waals surface area contributed by atoms with Crippen LogP contribution in [0, 0.1) is 0 Å². The second-order valence-corrected chi connectivity index (χ2v) is 2.94. The van der Waals surface area contributed by atoms with E-state index in [1.54, 1.807) is 0 Å². The second kappa shape index (κ2) is 3.57. The SMILES string of the molecule is [2H]c1c([2H])c([2H])c2c(oc3c([2H])c([2H])c([2H])c(O[B]O)c32)c1[2H]. The van der Waals surface area contributed by atoms with Crippen LogP contribution in [-0.2, 0) is 0 Å². The predicted octanol–water partition coefficient (Wildman–Crippen LogP) is 2.49. The zero-order valence-electron chi connectivity index (χ0n) is 14.8. The van der Waals surface area contributed by atoms with Crippen LogP contribution in [0.5, 0.6) is 5.75 Å². The molecule has 16 heavy (non-hydrogen) atoms. The highest BCUT2D eigenvalue weighted by atomic mass is 16.5. The number of hydrogen-bond acceptors (Lipinski definition) is 3. The van der Waals surface area contributed by atoms with Gasteiger partial charge in [-0.15, -0.1) is 0 Å². The van der Waals surface area contributed by atoms with E-state index in [0.29, 0.717) is 7.69 Å². The summed E-state index contributed by atoms with van der Waals surface area (Å²) < 4.78 is 65.0. The van der Waals surface area contributed by atoms with Crippen molar-refractivity contribution in [3.05, 3.63) is 42.3 Å². The van der Waals surface area contributed by atoms with Crippen LogP contribution in [0.2, 0.25) is 0 Å². The Bertz CT molecular complexity index is 969. The zero-order valence-corrected chi connectivity index (χ0v) is 7.84. The van der Waals surface area contributed by atoms with Crippen LogP contribution >= 0.6 is 0 Å². The van der Waals surface area contributed by atoms with Crippen molar-refractivity contribution in [2.45, 2.75) is 0 Å². The lowest BCUT2D eigenvalue weighted by Crippen LogP contribution is -1.99. The van der Waals surface area contributed by atoms with Gasteiger partial charge in [0.1, 0.15) is 16.9 Å². The number of para-hydroxylation sites is 1. The largest absolute Gasteiger partial charge is 0.569 e. The van der Waals surface area contributed by atoms with Gasteiger partial charge in [0.2, 0.25) is 0 Å². The Hall–Kier alpha value is -1.94. The number of hydrogen-bond donors (Lipinski definition) is 1. The van der Waals surface area contributed by atoms with Gasteiger partial charge in [-0.25, -0.2) is 0 Å². The average Bonchev–Trinajstić information content (AvgIpc) is 2.93. The Balaban J connectivity index is 2.67. The maximum atomic E-state index is 8.88. The van der Waals surface area contributed by atoms with Crippen LogP contribution in [0.4, 0.5) is 0 Å². The van der Waals surface area contributed by atoms with Gasteiger partial charge >= 0.3 is 7.69 Å². The van der Waals surface area contributed by atoms with Crippen LogP contribution in [0.15, 0.2) is 46.7 Å². The fraction of sp³-hybridized carbons (Fsp3) is 0. The first-order valence-electron chi connectivity index (χ1n) is 7.86. The average molecular weight is 218 g/mol. The van der Waals surface area contributed by atoms with Gasteiger partial charge in [0, 0.05) is 5.39 Å². The van der Waals surface area contributed by atoms with Crippen molar-refractivity contribution in [2.75, 3.05) is 0 Å². The van der Waals surface area contributed by atoms with Crippen molar-refractivity contribution in [1.29, 1.82) is 0 Å². The number of fused-ring (bicyclic) bond motifs is 3. The molecule has 77 valence electrons. The third-order valence-corrected chi connectivity index (χ3v) is 2.08. The lowest BCUT2D eigenvalue weighted by Gasteiger charge is -2.01. The van der Waals surface area contributed by atoms with Crippen molar-refractivity contribution in [3.63, 3.8) is 0 Å². The molecule has 0 saturated heterocycles. The van der Waals surface area contributed by atoms with E-state index in [2.05, 4.69) is 0 Å². The zero-order chi connectivity index (χ0) is 17.0. The van der Waals surface area contributed by atoms with Gasteiger partial charge in [0.25, 0.3) is 0 Å². The highest BCUT2D eigenvalue weighted by Crippen LogP contribution is 2.34. The van der Waals surface area contributed by atoms with Gasteiger partial charge in [0.05, 0.1) is 15.0 Å². The highest BCUT2D eigenvalue weighted by Gasteiger charge is 2.10. The first-order chi connectivity index (χ1) is 10.8. The van der Waals surface area contributed by atoms with Crippen molar-refractivity contribution < 1.29 is 23.7 Å². The molecule has 1 heterocycles. The lowest BCUT2D eigenvalue weighted by molar-refractivity contribution is 0.456. The van der Waals surface area contributed by atoms with E-state index in [9.17, 15) is 0 Å². The summed E-state index contributed by atoms with van der Waals surface area (Å²) >= 11 is 0. The molecule has 2 aromatic carbocycles. The van der Waals surface area contributed by atoms with E-state index >= 15 is 0 Å². The van der Waals surface area contributed by atoms with Crippen molar-refractivity contribution in [1.82, 2.24) is 0 Å². The Morgan fingerprint density at radius 2 is 1.94 bits per heavy atom. The fourth-order valence-corrected chi connectivity index (χ4v) is 1.47. The van der Waals surface area contributed by atoms with Crippen molar-refractivity contribution >= 4 is 29.6 Å². The van der Waals surface area contributed by atoms with E-state index in [4.69, 9.17) is 23.7 Å². The summed E-state index contributed by atoms with van der Waals surface area (Å²) in [6.07, 6.45) is 0. The molecule has 0 aliphatic heterocycles. The molecule has 0 saturated carbocycles. The first-order valence-corrected chi connectivity index (χ1v) is 4.36. The molecule has 0 fully saturated rings. The molecule has 0 atom stereocenters. The molecule has 0 bridgehead atoms. The van der Waals surface area contributed by atoms with E-state index in [1.165, 1.54) is 0 Å². The van der Waals surface area contributed by atoms with Crippen LogP contribution < -0.4 is 4.65 Å². The number of benzene rings is 2. The van der Waals surface area contributed by atoms with Gasteiger partial charge < -0.3 is 14.1 Å². The van der Waals surface area contributed by atoms with E-state index < -0.39 is 42.3 Å². The molecular weight excluding hydrogens is 203 g/mol. The molecule has 1 N–H and O–H groups in total. The molecule has 1 radical (unpaired) electrons. The van der Waals surface area contributed by atoms with Crippen LogP contribution in [-0.4, -0.2) is 12.7 Å². The van der Waals surface area contributed by atoms with Gasteiger partial charge in [0.15, 0.2) is 0 Å². The molecule has 0 aliphatic carbocycles. The maximum Gasteiger partial charge on any atom is 0.569 e. The maximum absolute atomic E-state index is 8.88. The summed E-state index contributed by atoms with van der Waals surface area (Å²) in [6.45, 7) is 0. The summed E-state index contributed by atoms with van der Waals surface area (Å²) in [5.74, 6) is -0.313. The predicted molar refractivity (Wildman–Crippen MR) is 62.3 cm³/mol. The molecular formula is C12H8BO3. The van der Waals surface area contributed by atoms with E-state index in [1.807, 2.05) is 0 Å². The fourth-order valence-electron chi connectivity index (χ4n) is 1.47. The first kappa shape index (κ1) is 4.51. The smallest absolute Gasteiger partial charge is 0.537 e. The molecule has 3 nitrogen and oxygen atoms in total. The Labute approximate surface area is 102 Å². The summed E-state index contributed by atoms with van der Waals surface area (Å²) in [5.41, 5.74) is -0.405. The van der Waals surface area contributed by atoms with Gasteiger partial charge in [-0.05, 0) is 18.1 Å². The third kappa shape index (κ3) is 1.27. The molecule has 1 aromatic heterocycles. The molecule has 0 amide bonds. The van der Waals surface area contributed by atoms with E-state index in [0.717, 1.165) is 0 Å². The monoisotopic (exact) mass is 218 g/mol. The van der Waals surface area contributed by atoms with E-state index in [-0.39, 0.29) is 27.7 Å². The number of furan rings is 1. The van der Waals surface area contributed by atoms with Gasteiger partial charge in [-0.1, -0.05) is 24.2 Å². The van der Waals surface area contributed by atoms with Gasteiger partial charge in [-0.2, -0.15) is 0 Å². The lowest BCUT2D eigenvalue weighted by atomic mass is 10.1. The third-order valence-electron chi connectivity index (χ3n) is 2.08. The molecule has 4 heteroatoms. The molecule has 3 rings (SSSR count). The highest BCUT2D eigenvalue weighted by molar-refractivity contribution is 6.19. The van der Waals surface area contributed by atoms with Crippen molar-refractivity contribution in [3.8, 4) is 5.75 Å². The normalized spacial score (nSPS) is 16.9. The molecule has 0 aliphatic rings. The van der Waals surface area contributed by atoms with Crippen LogP contribution in [0.3, 0.4) is 0 Å². The Morgan fingerprint density at radius 3 is 2.81 bits per heavy atom. The summed E-state index contributed by atoms with van der Waals surface area (Å²) in [5, 5.41) is 8.76. The van der Waals surface area contributed by atoms with Crippen molar-refractivity contribution in [2.24, 2.45) is 0 Å². The Kier molecular flexibility index (Phi) is 1.01. The summed E-state index contributed by atoms with van der Waals surface area (Å²) in [6, 6.07) is -3.30. The molecule has 3 aromatic rings. The minimum Gasteiger partial charge on any atom is -0.537 e. The molecule has 0 unspecified atom stereocenters. The van der Waals surface area contributed by atoms with Crippen LogP contribution in [0.1, 0.15) is 9.60 Å². The second-order valence-electron chi connectivity index (χ2n) is 2.94. The standard InChI is InChI=1S/C12H8BO3/c14-13-16-11-7-3-6-10-12(11)8-4-1-2-5-9(8)15-10/h1-7,14H/i1D,2D,3D,4D,5D,6D,7D. The number of rotatable bonds is 2. The Morgan fingerprint density at radius 1 is 1.12 bits per heavy atom. The van der Waals surface area contributed by atoms with Gasteiger partial charge in [-0.3, -0.25) is 0 Å². The topological polar surface area (TPSA) is 42.6 Å². The summed E-state index contributed by atoms with van der Waals surface area (Å²) in [7, 11) is 0.292.